The second-order valence-electron chi connectivity index (χ2n) is 4.08. The molecule has 0 radical (unpaired) electrons. The highest BCUT2D eigenvalue weighted by atomic mass is 16.4. The molecule has 1 unspecified atom stereocenters. The fourth-order valence-electron chi connectivity index (χ4n) is 2.11. The summed E-state index contributed by atoms with van der Waals surface area (Å²) in [7, 11) is 0. The fraction of sp³-hybridized carbons (Fsp3) is 0.333. The van der Waals surface area contributed by atoms with Gasteiger partial charge in [0, 0.05) is 12.2 Å². The van der Waals surface area contributed by atoms with E-state index in [2.05, 4.69) is 0 Å². The average molecular weight is 234 g/mol. The summed E-state index contributed by atoms with van der Waals surface area (Å²) in [6.07, 6.45) is 0.458. The molecule has 1 amide bonds. The zero-order valence-electron chi connectivity index (χ0n) is 9.30. The molecule has 1 aliphatic heterocycles. The number of para-hydroxylation sites is 1. The predicted molar refractivity (Wildman–Crippen MR) is 62.7 cm³/mol. The van der Waals surface area contributed by atoms with Crippen LogP contribution in [0.3, 0.4) is 0 Å². The van der Waals surface area contributed by atoms with Gasteiger partial charge in [-0.25, -0.2) is 0 Å². The Morgan fingerprint density at radius 2 is 2.12 bits per heavy atom. The molecule has 17 heavy (non-hydrogen) atoms. The number of anilines is 1. The molecule has 5 heteroatoms. The Kier molecular flexibility index (Phi) is 3.10. The number of carboxylic acid groups (broad SMARTS) is 1. The van der Waals surface area contributed by atoms with Crippen molar-refractivity contribution in [2.45, 2.75) is 6.42 Å². The molecule has 0 spiro atoms. The van der Waals surface area contributed by atoms with Crippen LogP contribution >= 0.6 is 0 Å². The Balaban J connectivity index is 2.39. The molecule has 1 heterocycles. The van der Waals surface area contributed by atoms with Crippen LogP contribution in [0.4, 0.5) is 5.69 Å². The van der Waals surface area contributed by atoms with E-state index >= 15 is 0 Å². The largest absolute Gasteiger partial charge is 0.481 e. The maximum absolute atomic E-state index is 11.7. The summed E-state index contributed by atoms with van der Waals surface area (Å²) in [5.74, 6) is -1.68. The number of hydrogen-bond donors (Lipinski definition) is 2. The molecule has 0 fully saturated rings. The number of carbonyl (C=O) groups is 2. The minimum atomic E-state index is -0.880. The Morgan fingerprint density at radius 3 is 2.76 bits per heavy atom. The number of carbonyl (C=O) groups excluding carboxylic acids is 1. The number of carboxylic acids is 1. The van der Waals surface area contributed by atoms with E-state index in [9.17, 15) is 9.59 Å². The van der Waals surface area contributed by atoms with Gasteiger partial charge >= 0.3 is 5.97 Å². The van der Waals surface area contributed by atoms with Crippen LogP contribution in [0.2, 0.25) is 0 Å². The van der Waals surface area contributed by atoms with Crippen molar-refractivity contribution in [2.75, 3.05) is 18.0 Å². The zero-order chi connectivity index (χ0) is 12.4. The maximum atomic E-state index is 11.7. The Bertz CT molecular complexity index is 459. The van der Waals surface area contributed by atoms with Crippen molar-refractivity contribution in [2.24, 2.45) is 11.7 Å². The summed E-state index contributed by atoms with van der Waals surface area (Å²) in [5, 5.41) is 9.07. The molecule has 3 N–H and O–H groups in total. The van der Waals surface area contributed by atoms with Crippen molar-refractivity contribution in [3.8, 4) is 0 Å². The van der Waals surface area contributed by atoms with E-state index in [0.29, 0.717) is 6.42 Å². The number of nitrogens with zero attached hydrogens (tertiary/aromatic N) is 1. The molecule has 0 aromatic heterocycles. The van der Waals surface area contributed by atoms with Crippen LogP contribution in [0.25, 0.3) is 0 Å². The second kappa shape index (κ2) is 4.55. The summed E-state index contributed by atoms with van der Waals surface area (Å²) in [6, 6.07) is 7.34. The van der Waals surface area contributed by atoms with Crippen LogP contribution in [0.5, 0.6) is 0 Å². The highest BCUT2D eigenvalue weighted by Gasteiger charge is 2.31. The van der Waals surface area contributed by atoms with Crippen molar-refractivity contribution in [3.63, 3.8) is 0 Å². The fourth-order valence-corrected chi connectivity index (χ4v) is 2.11. The number of rotatable bonds is 2. The van der Waals surface area contributed by atoms with Crippen LogP contribution in [0.1, 0.15) is 5.56 Å². The molecular formula is C12H14N2O3. The summed E-state index contributed by atoms with van der Waals surface area (Å²) in [6.45, 7) is 0.0864. The van der Waals surface area contributed by atoms with Crippen LogP contribution in [0.15, 0.2) is 24.3 Å². The average Bonchev–Trinajstić information content (AvgIpc) is 2.36. The third-order valence-corrected chi connectivity index (χ3v) is 2.98. The molecule has 90 valence electrons. The van der Waals surface area contributed by atoms with Gasteiger partial charge in [-0.2, -0.15) is 0 Å². The lowest BCUT2D eigenvalue weighted by atomic mass is 9.92. The lowest BCUT2D eigenvalue weighted by Crippen LogP contribution is -2.45. The first kappa shape index (κ1) is 11.6. The quantitative estimate of drug-likeness (QED) is 0.767. The smallest absolute Gasteiger partial charge is 0.308 e. The van der Waals surface area contributed by atoms with Crippen molar-refractivity contribution >= 4 is 17.6 Å². The molecular weight excluding hydrogens is 220 g/mol. The minimum Gasteiger partial charge on any atom is -0.481 e. The first-order valence-electron chi connectivity index (χ1n) is 5.44. The highest BCUT2D eigenvalue weighted by Crippen LogP contribution is 2.29. The van der Waals surface area contributed by atoms with E-state index in [1.54, 1.807) is 0 Å². The van der Waals surface area contributed by atoms with E-state index in [0.717, 1.165) is 11.3 Å². The summed E-state index contributed by atoms with van der Waals surface area (Å²) < 4.78 is 0. The van der Waals surface area contributed by atoms with Gasteiger partial charge in [0.05, 0.1) is 12.5 Å². The van der Waals surface area contributed by atoms with Gasteiger partial charge in [0.15, 0.2) is 0 Å². The summed E-state index contributed by atoms with van der Waals surface area (Å²) in [5.41, 5.74) is 7.00. The SMILES string of the molecule is NCC(=O)N1CC(C(=O)O)Cc2ccccc21. The van der Waals surface area contributed by atoms with Crippen LogP contribution in [-0.4, -0.2) is 30.1 Å². The van der Waals surface area contributed by atoms with Gasteiger partial charge in [0.25, 0.3) is 0 Å². The molecule has 1 aliphatic rings. The van der Waals surface area contributed by atoms with Crippen molar-refractivity contribution in [3.05, 3.63) is 29.8 Å². The number of benzene rings is 1. The van der Waals surface area contributed by atoms with Gasteiger partial charge < -0.3 is 15.7 Å². The number of nitrogens with two attached hydrogens (primary N) is 1. The normalized spacial score (nSPS) is 18.6. The molecule has 1 atom stereocenters. The lowest BCUT2D eigenvalue weighted by molar-refractivity contribution is -0.141. The van der Waals surface area contributed by atoms with Crippen molar-refractivity contribution < 1.29 is 14.7 Å². The molecule has 0 aliphatic carbocycles. The number of fused-ring (bicyclic) bond motifs is 1. The van der Waals surface area contributed by atoms with Gasteiger partial charge in [0.2, 0.25) is 5.91 Å². The number of hydrogen-bond acceptors (Lipinski definition) is 3. The first-order valence-corrected chi connectivity index (χ1v) is 5.44. The topological polar surface area (TPSA) is 83.6 Å². The highest BCUT2D eigenvalue weighted by molar-refractivity contribution is 5.96. The van der Waals surface area contributed by atoms with Crippen molar-refractivity contribution in [1.29, 1.82) is 0 Å². The third-order valence-electron chi connectivity index (χ3n) is 2.98. The summed E-state index contributed by atoms with van der Waals surface area (Å²) >= 11 is 0. The number of amides is 1. The Morgan fingerprint density at radius 1 is 1.41 bits per heavy atom. The molecule has 0 saturated heterocycles. The molecule has 0 bridgehead atoms. The van der Waals surface area contributed by atoms with E-state index in [4.69, 9.17) is 10.8 Å². The zero-order valence-corrected chi connectivity index (χ0v) is 9.30. The molecule has 0 saturated carbocycles. The molecule has 2 rings (SSSR count). The van der Waals surface area contributed by atoms with Crippen LogP contribution in [0, 0.1) is 5.92 Å². The molecule has 1 aromatic rings. The van der Waals surface area contributed by atoms with Crippen LogP contribution in [-0.2, 0) is 16.0 Å². The van der Waals surface area contributed by atoms with Gasteiger partial charge in [-0.15, -0.1) is 0 Å². The first-order chi connectivity index (χ1) is 8.13. The predicted octanol–water partition coefficient (Wildman–Crippen LogP) is 0.235. The van der Waals surface area contributed by atoms with Gasteiger partial charge in [0.1, 0.15) is 0 Å². The molecule has 5 nitrogen and oxygen atoms in total. The van der Waals surface area contributed by atoms with E-state index in [1.165, 1.54) is 4.90 Å². The maximum Gasteiger partial charge on any atom is 0.308 e. The Labute approximate surface area is 98.8 Å². The lowest BCUT2D eigenvalue weighted by Gasteiger charge is -2.32. The third kappa shape index (κ3) is 2.14. The standard InChI is InChI=1S/C12H14N2O3/c13-6-11(15)14-7-9(12(16)17)5-8-3-1-2-4-10(8)14/h1-4,9H,5-7,13H2,(H,16,17). The van der Waals surface area contributed by atoms with Crippen LogP contribution < -0.4 is 10.6 Å². The Hall–Kier alpha value is -1.88. The number of aliphatic carboxylic acids is 1. The molecule has 1 aromatic carbocycles. The van der Waals surface area contributed by atoms with Gasteiger partial charge in [-0.05, 0) is 18.1 Å². The van der Waals surface area contributed by atoms with Gasteiger partial charge in [-0.3, -0.25) is 9.59 Å². The monoisotopic (exact) mass is 234 g/mol. The van der Waals surface area contributed by atoms with Crippen molar-refractivity contribution in [1.82, 2.24) is 0 Å². The van der Waals surface area contributed by atoms with E-state index in [-0.39, 0.29) is 19.0 Å². The van der Waals surface area contributed by atoms with E-state index in [1.807, 2.05) is 24.3 Å². The van der Waals surface area contributed by atoms with E-state index < -0.39 is 11.9 Å². The summed E-state index contributed by atoms with van der Waals surface area (Å²) in [4.78, 5) is 24.2. The minimum absolute atomic E-state index is 0.110. The second-order valence-corrected chi connectivity index (χ2v) is 4.08. The van der Waals surface area contributed by atoms with Gasteiger partial charge in [-0.1, -0.05) is 18.2 Å².